The molecule has 5 aliphatic rings. The van der Waals surface area contributed by atoms with Gasteiger partial charge in [0.2, 0.25) is 0 Å². The van der Waals surface area contributed by atoms with E-state index >= 15 is 0 Å². The molecule has 0 aromatic heterocycles. The van der Waals surface area contributed by atoms with Crippen molar-refractivity contribution in [1.29, 1.82) is 0 Å². The first kappa shape index (κ1) is 30.2. The number of nitrogen functional groups attached to an aromatic ring is 1. The highest BCUT2D eigenvalue weighted by molar-refractivity contribution is 6.01. The van der Waals surface area contributed by atoms with Crippen molar-refractivity contribution in [2.75, 3.05) is 19.5 Å². The fourth-order valence-electron chi connectivity index (χ4n) is 9.64. The molecule has 0 spiro atoms. The summed E-state index contributed by atoms with van der Waals surface area (Å²) in [6.07, 6.45) is 5.38. The molecule has 4 aliphatic carbocycles. The highest BCUT2D eigenvalue weighted by Gasteiger charge is 2.76. The van der Waals surface area contributed by atoms with Crippen LogP contribution in [0.4, 0.5) is 5.69 Å². The van der Waals surface area contributed by atoms with Crippen LogP contribution in [0.2, 0.25) is 0 Å². The number of Topliss-reactive ketones (excluding diaryl/α,β-unsaturated/α-hetero) is 1. The van der Waals surface area contributed by atoms with Gasteiger partial charge in [0.05, 0.1) is 24.9 Å². The lowest BCUT2D eigenvalue weighted by atomic mass is 9.46. The average molecular weight is 616 g/mol. The Morgan fingerprint density at radius 3 is 2.73 bits per heavy atom. The Hall–Kier alpha value is -3.50. The van der Waals surface area contributed by atoms with Crippen molar-refractivity contribution >= 4 is 17.3 Å². The molecule has 9 heteroatoms. The molecule has 2 aromatic carbocycles. The molecule has 2 aromatic rings. The van der Waals surface area contributed by atoms with E-state index in [9.17, 15) is 19.8 Å². The van der Waals surface area contributed by atoms with Gasteiger partial charge in [0, 0.05) is 28.0 Å². The summed E-state index contributed by atoms with van der Waals surface area (Å²) in [5.41, 5.74) is 6.53. The van der Waals surface area contributed by atoms with Crippen LogP contribution in [0, 0.1) is 28.6 Å². The third-order valence-electron chi connectivity index (χ3n) is 11.7. The van der Waals surface area contributed by atoms with Gasteiger partial charge in [0.1, 0.15) is 24.7 Å². The molecule has 45 heavy (non-hydrogen) atoms. The van der Waals surface area contributed by atoms with E-state index in [1.807, 2.05) is 37.3 Å². The molecule has 0 bridgehead atoms. The largest absolute Gasteiger partial charge is 0.496 e. The first-order valence-corrected chi connectivity index (χ1v) is 15.8. The number of carbonyl (C=O) groups is 2. The number of ketones is 2. The van der Waals surface area contributed by atoms with Crippen LogP contribution in [-0.2, 0) is 25.7 Å². The highest BCUT2D eigenvalue weighted by Crippen LogP contribution is 2.70. The van der Waals surface area contributed by atoms with E-state index in [2.05, 4.69) is 6.92 Å². The summed E-state index contributed by atoms with van der Waals surface area (Å²) in [6.45, 7) is 3.70. The number of aliphatic hydroxyl groups excluding tert-OH is 2. The molecule has 0 amide bonds. The lowest BCUT2D eigenvalue weighted by Crippen LogP contribution is -2.63. The van der Waals surface area contributed by atoms with Gasteiger partial charge >= 0.3 is 0 Å². The number of methoxy groups -OCH3 is 1. The van der Waals surface area contributed by atoms with Crippen LogP contribution in [0.3, 0.4) is 0 Å². The fourth-order valence-corrected chi connectivity index (χ4v) is 9.64. The summed E-state index contributed by atoms with van der Waals surface area (Å²) in [5, 5.41) is 22.2. The highest BCUT2D eigenvalue weighted by atomic mass is 16.7. The number of benzene rings is 2. The molecule has 238 valence electrons. The van der Waals surface area contributed by atoms with Crippen molar-refractivity contribution < 1.29 is 38.7 Å². The lowest BCUT2D eigenvalue weighted by Gasteiger charge is -2.59. The molecular formula is C36H41NO8. The van der Waals surface area contributed by atoms with E-state index in [-0.39, 0.29) is 30.1 Å². The van der Waals surface area contributed by atoms with Crippen molar-refractivity contribution in [3.8, 4) is 11.5 Å². The Bertz CT molecular complexity index is 1600. The standard InChI is InChI=1S/C36H41NO8/c1-34-13-12-22(39)14-21(34)8-10-24-26-16-31-36(30(41)18-38,35(26,2)17-28(40)32(24)34)45-33(44-31)25-15-23(9-11-29(25)42-3)43-19-20-6-4-5-7-27(20)37/h4-7,9,11-15,24,26,28,31-33,38,40H,8,10,16-19,37H2,1-3H3/t24-,26-,28-,31+,32+,33+,34-,35-,36+/m0/s1. The quantitative estimate of drug-likeness (QED) is 0.386. The number of hydrogen-bond donors (Lipinski definition) is 3. The van der Waals surface area contributed by atoms with Crippen LogP contribution in [0.1, 0.15) is 56.9 Å². The van der Waals surface area contributed by atoms with Crippen LogP contribution in [0.25, 0.3) is 0 Å². The van der Waals surface area contributed by atoms with Crippen molar-refractivity contribution in [3.63, 3.8) is 0 Å². The molecule has 9 nitrogen and oxygen atoms in total. The van der Waals surface area contributed by atoms with Gasteiger partial charge in [-0.25, -0.2) is 0 Å². The summed E-state index contributed by atoms with van der Waals surface area (Å²) in [4.78, 5) is 26.1. The summed E-state index contributed by atoms with van der Waals surface area (Å²) in [7, 11) is 1.56. The Labute approximate surface area is 263 Å². The third-order valence-corrected chi connectivity index (χ3v) is 11.7. The molecule has 1 heterocycles. The summed E-state index contributed by atoms with van der Waals surface area (Å²) < 4.78 is 25.2. The van der Waals surface area contributed by atoms with Crippen LogP contribution in [-0.4, -0.2) is 53.3 Å². The van der Waals surface area contributed by atoms with E-state index in [4.69, 9.17) is 24.7 Å². The number of nitrogens with two attached hydrogens (primary N) is 1. The van der Waals surface area contributed by atoms with Gasteiger partial charge in [-0.15, -0.1) is 0 Å². The van der Waals surface area contributed by atoms with Gasteiger partial charge < -0.3 is 34.9 Å². The molecule has 1 saturated heterocycles. The van der Waals surface area contributed by atoms with E-state index in [1.165, 1.54) is 0 Å². The Kier molecular flexibility index (Phi) is 7.24. The molecule has 1 aliphatic heterocycles. The second-order valence-corrected chi connectivity index (χ2v) is 13.7. The summed E-state index contributed by atoms with van der Waals surface area (Å²) in [6, 6.07) is 12.9. The molecule has 4 N–H and O–H groups in total. The second-order valence-electron chi connectivity index (χ2n) is 13.7. The molecule has 0 unspecified atom stereocenters. The molecule has 3 saturated carbocycles. The van der Waals surface area contributed by atoms with Crippen LogP contribution >= 0.6 is 0 Å². The molecule has 9 atom stereocenters. The fraction of sp³-hybridized carbons (Fsp3) is 0.500. The zero-order chi connectivity index (χ0) is 31.7. The number of ether oxygens (including phenoxy) is 4. The normalized spacial score (nSPS) is 38.1. The lowest BCUT2D eigenvalue weighted by molar-refractivity contribution is -0.201. The second kappa shape index (κ2) is 10.8. The van der Waals surface area contributed by atoms with E-state index in [1.54, 1.807) is 37.5 Å². The number of hydrogen-bond acceptors (Lipinski definition) is 9. The maximum absolute atomic E-state index is 13.9. The Morgan fingerprint density at radius 1 is 1.18 bits per heavy atom. The van der Waals surface area contributed by atoms with Crippen molar-refractivity contribution in [1.82, 2.24) is 0 Å². The molecular weight excluding hydrogens is 574 g/mol. The predicted molar refractivity (Wildman–Crippen MR) is 165 cm³/mol. The number of aliphatic hydroxyl groups is 2. The van der Waals surface area contributed by atoms with Crippen molar-refractivity contribution in [3.05, 3.63) is 77.4 Å². The van der Waals surface area contributed by atoms with E-state index < -0.39 is 47.3 Å². The SMILES string of the molecule is COc1ccc(OCc2ccccc2N)cc1[C@@H]1O[C@@H]2C[C@H]3[C@@H]4CCC5=CC(=O)C=C[C@]5(C)[C@H]4[C@@H](O)C[C@]3(C)[C@]2(C(=O)CO)O1. The smallest absolute Gasteiger partial charge is 0.193 e. The van der Waals surface area contributed by atoms with Gasteiger partial charge in [-0.2, -0.15) is 0 Å². The van der Waals surface area contributed by atoms with Gasteiger partial charge in [-0.3, -0.25) is 9.59 Å². The van der Waals surface area contributed by atoms with Gasteiger partial charge in [-0.05, 0) is 73.9 Å². The first-order chi connectivity index (χ1) is 21.6. The van der Waals surface area contributed by atoms with Gasteiger partial charge in [-0.1, -0.05) is 43.7 Å². The van der Waals surface area contributed by atoms with Crippen molar-refractivity contribution in [2.45, 2.75) is 70.2 Å². The molecule has 7 rings (SSSR count). The third kappa shape index (κ3) is 4.35. The first-order valence-electron chi connectivity index (χ1n) is 15.8. The number of allylic oxidation sites excluding steroid dienone is 4. The van der Waals surface area contributed by atoms with Crippen LogP contribution in [0.15, 0.2) is 66.3 Å². The number of fused-ring (bicyclic) bond motifs is 7. The minimum Gasteiger partial charge on any atom is -0.496 e. The minimum atomic E-state index is -1.46. The zero-order valence-corrected chi connectivity index (χ0v) is 25.9. The Balaban J connectivity index is 1.21. The van der Waals surface area contributed by atoms with E-state index in [0.29, 0.717) is 35.6 Å². The predicted octanol–water partition coefficient (Wildman–Crippen LogP) is 4.46. The molecule has 4 fully saturated rings. The number of carbonyl (C=O) groups excluding carboxylic acids is 2. The van der Waals surface area contributed by atoms with E-state index in [0.717, 1.165) is 24.0 Å². The van der Waals surface area contributed by atoms with Crippen LogP contribution < -0.4 is 15.2 Å². The number of rotatable bonds is 7. The maximum Gasteiger partial charge on any atom is 0.193 e. The zero-order valence-electron chi connectivity index (χ0n) is 25.9. The van der Waals surface area contributed by atoms with Gasteiger partial charge in [0.25, 0.3) is 0 Å². The molecule has 0 radical (unpaired) electrons. The maximum atomic E-state index is 13.9. The minimum absolute atomic E-state index is 0.00430. The number of para-hydroxylation sites is 1. The van der Waals surface area contributed by atoms with Gasteiger partial charge in [0.15, 0.2) is 23.5 Å². The Morgan fingerprint density at radius 2 is 1.98 bits per heavy atom. The monoisotopic (exact) mass is 615 g/mol. The number of anilines is 1. The average Bonchev–Trinajstić information content (AvgIpc) is 3.53. The van der Waals surface area contributed by atoms with Crippen LogP contribution in [0.5, 0.6) is 11.5 Å². The topological polar surface area (TPSA) is 138 Å². The van der Waals surface area contributed by atoms with Crippen molar-refractivity contribution in [2.24, 2.45) is 28.6 Å². The summed E-state index contributed by atoms with van der Waals surface area (Å²) >= 11 is 0. The summed E-state index contributed by atoms with van der Waals surface area (Å²) in [5.74, 6) is 0.590.